The van der Waals surface area contributed by atoms with Crippen LogP contribution < -0.4 is 0 Å². The van der Waals surface area contributed by atoms with Crippen LogP contribution in [0.2, 0.25) is 13.1 Å². The number of unbranched alkanes of at least 4 members (excludes halogenated alkanes) is 11. The van der Waals surface area contributed by atoms with Crippen LogP contribution in [0, 0.1) is 0 Å². The van der Waals surface area contributed by atoms with Crippen LogP contribution in [0.3, 0.4) is 0 Å². The molecule has 0 aromatic carbocycles. The molecule has 0 fully saturated rings. The van der Waals surface area contributed by atoms with Gasteiger partial charge < -0.3 is 8.85 Å². The molecule has 0 aromatic rings. The normalized spacial score (nSPS) is 13.4. The van der Waals surface area contributed by atoms with E-state index in [1.54, 1.807) is 0 Å². The summed E-state index contributed by atoms with van der Waals surface area (Å²) in [5.74, 6) is 0. The Balaban J connectivity index is 3.38. The standard InChI is InChI=1S/C21H46O2Si/c1-6-8-10-11-12-13-14-15-16-17-18-20-22-24(4,5)23-21(3)19-9-7-2/h21H,6-20H2,1-5H3. The van der Waals surface area contributed by atoms with E-state index in [1.165, 1.54) is 83.5 Å². The van der Waals surface area contributed by atoms with Gasteiger partial charge in [-0.05, 0) is 32.9 Å². The van der Waals surface area contributed by atoms with Gasteiger partial charge in [-0.15, -0.1) is 0 Å². The first-order valence-electron chi connectivity index (χ1n) is 10.8. The zero-order valence-electron chi connectivity index (χ0n) is 17.5. The predicted molar refractivity (Wildman–Crippen MR) is 110 cm³/mol. The predicted octanol–water partition coefficient (Wildman–Crippen LogP) is 7.61. The Morgan fingerprint density at radius 2 is 1.12 bits per heavy atom. The topological polar surface area (TPSA) is 18.5 Å². The van der Waals surface area contributed by atoms with Crippen molar-refractivity contribution in [2.24, 2.45) is 0 Å². The molecule has 0 saturated heterocycles. The molecule has 2 nitrogen and oxygen atoms in total. The van der Waals surface area contributed by atoms with E-state index in [0.717, 1.165) is 13.0 Å². The minimum atomic E-state index is -1.91. The summed E-state index contributed by atoms with van der Waals surface area (Å²) in [7, 11) is -1.91. The van der Waals surface area contributed by atoms with Crippen molar-refractivity contribution in [3.05, 3.63) is 0 Å². The Hall–Kier alpha value is 0.137. The molecule has 0 radical (unpaired) electrons. The van der Waals surface area contributed by atoms with Gasteiger partial charge in [0.25, 0.3) is 0 Å². The second-order valence-electron chi connectivity index (χ2n) is 7.85. The molecule has 0 heterocycles. The number of rotatable bonds is 18. The van der Waals surface area contributed by atoms with E-state index in [0.29, 0.717) is 6.10 Å². The van der Waals surface area contributed by atoms with Crippen molar-refractivity contribution < 1.29 is 8.85 Å². The maximum atomic E-state index is 6.16. The van der Waals surface area contributed by atoms with E-state index in [-0.39, 0.29) is 0 Å². The van der Waals surface area contributed by atoms with Gasteiger partial charge in [-0.1, -0.05) is 90.9 Å². The maximum Gasteiger partial charge on any atom is 0.331 e. The summed E-state index contributed by atoms with van der Waals surface area (Å²) in [4.78, 5) is 0. The van der Waals surface area contributed by atoms with E-state index >= 15 is 0 Å². The Morgan fingerprint density at radius 1 is 0.667 bits per heavy atom. The lowest BCUT2D eigenvalue weighted by Gasteiger charge is -2.27. The van der Waals surface area contributed by atoms with Crippen LogP contribution in [0.15, 0.2) is 0 Å². The summed E-state index contributed by atoms with van der Waals surface area (Å²) in [6.07, 6.45) is 19.2. The van der Waals surface area contributed by atoms with E-state index in [9.17, 15) is 0 Å². The van der Waals surface area contributed by atoms with E-state index < -0.39 is 8.56 Å². The van der Waals surface area contributed by atoms with Crippen molar-refractivity contribution in [2.45, 2.75) is 130 Å². The smallest absolute Gasteiger partial charge is 0.331 e. The van der Waals surface area contributed by atoms with Crippen LogP contribution in [0.25, 0.3) is 0 Å². The van der Waals surface area contributed by atoms with Crippen LogP contribution in [-0.4, -0.2) is 21.3 Å². The summed E-state index contributed by atoms with van der Waals surface area (Å²) in [6, 6.07) is 0. The molecule has 3 heteroatoms. The second-order valence-corrected chi connectivity index (χ2v) is 11.2. The average Bonchev–Trinajstić information content (AvgIpc) is 2.53. The SMILES string of the molecule is CCCCCCCCCCCCCO[Si](C)(C)OC(C)CCCC. The molecular formula is C21H46O2Si. The molecule has 1 unspecified atom stereocenters. The fraction of sp³-hybridized carbons (Fsp3) is 1.00. The summed E-state index contributed by atoms with van der Waals surface area (Å²) in [5, 5.41) is 0. The van der Waals surface area contributed by atoms with Crippen molar-refractivity contribution in [3.8, 4) is 0 Å². The van der Waals surface area contributed by atoms with E-state index in [4.69, 9.17) is 8.85 Å². The molecule has 0 amide bonds. The Morgan fingerprint density at radius 3 is 1.62 bits per heavy atom. The maximum absolute atomic E-state index is 6.16. The molecule has 0 bridgehead atoms. The van der Waals surface area contributed by atoms with Crippen LogP contribution in [0.1, 0.15) is 111 Å². The van der Waals surface area contributed by atoms with Crippen LogP contribution in [-0.2, 0) is 8.85 Å². The van der Waals surface area contributed by atoms with Crippen LogP contribution in [0.5, 0.6) is 0 Å². The van der Waals surface area contributed by atoms with Crippen molar-refractivity contribution in [3.63, 3.8) is 0 Å². The number of hydrogen-bond acceptors (Lipinski definition) is 2. The first kappa shape index (κ1) is 24.1. The van der Waals surface area contributed by atoms with Gasteiger partial charge in [0.1, 0.15) is 0 Å². The van der Waals surface area contributed by atoms with Gasteiger partial charge in [0.15, 0.2) is 0 Å². The summed E-state index contributed by atoms with van der Waals surface area (Å²) in [6.45, 7) is 12.0. The highest BCUT2D eigenvalue weighted by molar-refractivity contribution is 6.64. The summed E-state index contributed by atoms with van der Waals surface area (Å²) >= 11 is 0. The summed E-state index contributed by atoms with van der Waals surface area (Å²) < 4.78 is 12.2. The molecule has 0 spiro atoms. The van der Waals surface area contributed by atoms with Crippen LogP contribution in [0.4, 0.5) is 0 Å². The highest BCUT2D eigenvalue weighted by atomic mass is 28.4. The third kappa shape index (κ3) is 17.0. The van der Waals surface area contributed by atoms with Gasteiger partial charge >= 0.3 is 8.56 Å². The number of hydrogen-bond donors (Lipinski definition) is 0. The Kier molecular flexibility index (Phi) is 16.7. The molecule has 0 aliphatic carbocycles. The fourth-order valence-corrected chi connectivity index (χ4v) is 4.94. The monoisotopic (exact) mass is 358 g/mol. The van der Waals surface area contributed by atoms with Gasteiger partial charge in [-0.3, -0.25) is 0 Å². The Labute approximate surface area is 154 Å². The molecule has 1 atom stereocenters. The zero-order valence-corrected chi connectivity index (χ0v) is 18.5. The minimum Gasteiger partial charge on any atom is -0.395 e. The van der Waals surface area contributed by atoms with Gasteiger partial charge in [-0.2, -0.15) is 0 Å². The van der Waals surface area contributed by atoms with Crippen molar-refractivity contribution in [1.82, 2.24) is 0 Å². The highest BCUT2D eigenvalue weighted by Gasteiger charge is 2.26. The quantitative estimate of drug-likeness (QED) is 0.185. The third-order valence-corrected chi connectivity index (χ3v) is 6.52. The molecule has 0 N–H and O–H groups in total. The van der Waals surface area contributed by atoms with Crippen molar-refractivity contribution in [1.29, 1.82) is 0 Å². The lowest BCUT2D eigenvalue weighted by atomic mass is 10.1. The van der Waals surface area contributed by atoms with Crippen molar-refractivity contribution in [2.75, 3.05) is 6.61 Å². The van der Waals surface area contributed by atoms with Gasteiger partial charge in [-0.25, -0.2) is 0 Å². The zero-order chi connectivity index (χ0) is 18.1. The van der Waals surface area contributed by atoms with E-state index in [1.807, 2.05) is 0 Å². The van der Waals surface area contributed by atoms with Gasteiger partial charge in [0.05, 0.1) is 0 Å². The highest BCUT2D eigenvalue weighted by Crippen LogP contribution is 2.15. The lowest BCUT2D eigenvalue weighted by Crippen LogP contribution is -2.38. The molecule has 0 aromatic heterocycles. The van der Waals surface area contributed by atoms with Crippen LogP contribution >= 0.6 is 0 Å². The van der Waals surface area contributed by atoms with E-state index in [2.05, 4.69) is 33.9 Å². The largest absolute Gasteiger partial charge is 0.395 e. The van der Waals surface area contributed by atoms with Crippen molar-refractivity contribution >= 4 is 8.56 Å². The minimum absolute atomic E-state index is 0.351. The van der Waals surface area contributed by atoms with Gasteiger partial charge in [0, 0.05) is 12.7 Å². The second kappa shape index (κ2) is 16.6. The molecule has 24 heavy (non-hydrogen) atoms. The Bertz CT molecular complexity index is 256. The molecule has 0 rings (SSSR count). The summed E-state index contributed by atoms with van der Waals surface area (Å²) in [5.41, 5.74) is 0. The molecule has 0 saturated carbocycles. The molecular weight excluding hydrogens is 312 g/mol. The molecule has 146 valence electrons. The lowest BCUT2D eigenvalue weighted by molar-refractivity contribution is 0.122. The first-order valence-corrected chi connectivity index (χ1v) is 13.6. The molecule has 0 aliphatic rings. The first-order chi connectivity index (χ1) is 11.5. The third-order valence-electron chi connectivity index (χ3n) is 4.65. The fourth-order valence-electron chi connectivity index (χ4n) is 3.15. The average molecular weight is 359 g/mol. The van der Waals surface area contributed by atoms with Gasteiger partial charge in [0.2, 0.25) is 0 Å². The molecule has 0 aliphatic heterocycles.